The van der Waals surface area contributed by atoms with Gasteiger partial charge in [0.2, 0.25) is 0 Å². The number of halogens is 1. The molecule has 0 fully saturated rings. The molecule has 0 radical (unpaired) electrons. The van der Waals surface area contributed by atoms with E-state index in [1.807, 2.05) is 0 Å². The van der Waals surface area contributed by atoms with Crippen molar-refractivity contribution < 1.29 is 4.92 Å². The minimum atomic E-state index is -0.373. The van der Waals surface area contributed by atoms with Crippen LogP contribution < -0.4 is 0 Å². The fourth-order valence-corrected chi connectivity index (χ4v) is 2.25. The van der Waals surface area contributed by atoms with Gasteiger partial charge in [-0.2, -0.15) is 0 Å². The highest BCUT2D eigenvalue weighted by atomic mass is 35.5. The Hall–Kier alpha value is -1.13. The van der Waals surface area contributed by atoms with Crippen LogP contribution >= 0.6 is 11.6 Å². The van der Waals surface area contributed by atoms with Crippen LogP contribution in [0.15, 0.2) is 18.2 Å². The third-order valence-corrected chi connectivity index (χ3v) is 3.66. The number of non-ortho nitro benzene ring substituents is 1. The van der Waals surface area contributed by atoms with Crippen molar-refractivity contribution in [3.63, 3.8) is 0 Å². The van der Waals surface area contributed by atoms with Gasteiger partial charge in [0.15, 0.2) is 0 Å². The summed E-state index contributed by atoms with van der Waals surface area (Å²) in [6, 6.07) is 4.66. The number of rotatable bonds is 9. The van der Waals surface area contributed by atoms with Crippen molar-refractivity contribution in [1.82, 2.24) is 4.90 Å². The van der Waals surface area contributed by atoms with Crippen molar-refractivity contribution >= 4 is 17.3 Å². The van der Waals surface area contributed by atoms with E-state index in [1.54, 1.807) is 12.1 Å². The number of nitro groups is 1. The second kappa shape index (κ2) is 8.93. The van der Waals surface area contributed by atoms with Crippen LogP contribution in [-0.4, -0.2) is 22.9 Å². The Kier molecular flexibility index (Phi) is 7.55. The molecule has 1 aromatic carbocycles. The van der Waals surface area contributed by atoms with Crippen LogP contribution in [0.3, 0.4) is 0 Å². The molecule has 0 aliphatic rings. The molecule has 4 nitrogen and oxygen atoms in total. The monoisotopic (exact) mass is 298 g/mol. The molecule has 0 bridgehead atoms. The minimum Gasteiger partial charge on any atom is -0.299 e. The first kappa shape index (κ1) is 16.9. The third kappa shape index (κ3) is 5.47. The van der Waals surface area contributed by atoms with Crippen LogP contribution in [0.2, 0.25) is 5.02 Å². The average Bonchev–Trinajstić information content (AvgIpc) is 2.43. The van der Waals surface area contributed by atoms with E-state index in [0.29, 0.717) is 11.6 Å². The standard InChI is InChI=1S/C15H23ClN2O2/c1-3-5-9-17(10-6-4-2)12-13-11-14(18(19)20)7-8-15(13)16/h7-8,11H,3-6,9-10,12H2,1-2H3. The van der Waals surface area contributed by atoms with Crippen LogP contribution in [0.1, 0.15) is 45.1 Å². The van der Waals surface area contributed by atoms with Crippen LogP contribution in [0.4, 0.5) is 5.69 Å². The zero-order valence-electron chi connectivity index (χ0n) is 12.3. The first-order chi connectivity index (χ1) is 9.58. The smallest absolute Gasteiger partial charge is 0.269 e. The fraction of sp³-hybridized carbons (Fsp3) is 0.600. The van der Waals surface area contributed by atoms with Crippen molar-refractivity contribution in [1.29, 1.82) is 0 Å². The second-order valence-corrected chi connectivity index (χ2v) is 5.42. The quantitative estimate of drug-likeness (QED) is 0.492. The van der Waals surface area contributed by atoms with Gasteiger partial charge >= 0.3 is 0 Å². The maximum atomic E-state index is 10.8. The van der Waals surface area contributed by atoms with Crippen molar-refractivity contribution in [2.24, 2.45) is 0 Å². The van der Waals surface area contributed by atoms with E-state index in [9.17, 15) is 10.1 Å². The third-order valence-electron chi connectivity index (χ3n) is 3.29. The summed E-state index contributed by atoms with van der Waals surface area (Å²) in [7, 11) is 0. The predicted octanol–water partition coefficient (Wildman–Crippen LogP) is 4.65. The zero-order chi connectivity index (χ0) is 15.0. The van der Waals surface area contributed by atoms with Gasteiger partial charge in [-0.05, 0) is 37.6 Å². The molecule has 0 aromatic heterocycles. The minimum absolute atomic E-state index is 0.107. The fourth-order valence-electron chi connectivity index (χ4n) is 2.07. The van der Waals surface area contributed by atoms with Crippen molar-refractivity contribution in [3.8, 4) is 0 Å². The van der Waals surface area contributed by atoms with E-state index < -0.39 is 0 Å². The molecule has 0 aliphatic carbocycles. The van der Waals surface area contributed by atoms with Crippen molar-refractivity contribution in [2.45, 2.75) is 46.1 Å². The Bertz CT molecular complexity index is 430. The molecule has 0 heterocycles. The molecule has 0 saturated carbocycles. The number of unbranched alkanes of at least 4 members (excludes halogenated alkanes) is 2. The Labute approximate surface area is 125 Å². The Morgan fingerprint density at radius 3 is 2.30 bits per heavy atom. The first-order valence-corrected chi connectivity index (χ1v) is 7.61. The molecule has 0 spiro atoms. The second-order valence-electron chi connectivity index (χ2n) is 5.02. The van der Waals surface area contributed by atoms with Gasteiger partial charge in [-0.1, -0.05) is 38.3 Å². The Morgan fingerprint density at radius 2 is 1.80 bits per heavy atom. The van der Waals surface area contributed by atoms with E-state index >= 15 is 0 Å². The molecule has 112 valence electrons. The normalized spacial score (nSPS) is 11.0. The zero-order valence-corrected chi connectivity index (χ0v) is 13.0. The van der Waals surface area contributed by atoms with Gasteiger partial charge in [0.05, 0.1) is 4.92 Å². The highest BCUT2D eigenvalue weighted by Gasteiger charge is 2.13. The van der Waals surface area contributed by atoms with Gasteiger partial charge in [0.25, 0.3) is 5.69 Å². The number of hydrogen-bond acceptors (Lipinski definition) is 3. The summed E-state index contributed by atoms with van der Waals surface area (Å²) in [5.74, 6) is 0. The highest BCUT2D eigenvalue weighted by Crippen LogP contribution is 2.23. The summed E-state index contributed by atoms with van der Waals surface area (Å²) in [4.78, 5) is 12.8. The molecular weight excluding hydrogens is 276 g/mol. The first-order valence-electron chi connectivity index (χ1n) is 7.23. The SMILES string of the molecule is CCCCN(CCCC)Cc1cc([N+](=O)[O-])ccc1Cl. The molecule has 0 atom stereocenters. The number of benzene rings is 1. The lowest BCUT2D eigenvalue weighted by Crippen LogP contribution is -2.25. The van der Waals surface area contributed by atoms with E-state index in [4.69, 9.17) is 11.6 Å². The molecule has 20 heavy (non-hydrogen) atoms. The lowest BCUT2D eigenvalue weighted by atomic mass is 10.1. The summed E-state index contributed by atoms with van der Waals surface area (Å²) in [5.41, 5.74) is 0.948. The topological polar surface area (TPSA) is 46.4 Å². The van der Waals surface area contributed by atoms with Gasteiger partial charge in [0.1, 0.15) is 0 Å². The molecule has 0 N–H and O–H groups in total. The lowest BCUT2D eigenvalue weighted by molar-refractivity contribution is -0.384. The predicted molar refractivity (Wildman–Crippen MR) is 83.2 cm³/mol. The van der Waals surface area contributed by atoms with Gasteiger partial charge in [0, 0.05) is 23.7 Å². The van der Waals surface area contributed by atoms with Crippen LogP contribution in [0.25, 0.3) is 0 Å². The summed E-state index contributed by atoms with van der Waals surface area (Å²) in [6.45, 7) is 7.03. The summed E-state index contributed by atoms with van der Waals surface area (Å²) in [5, 5.41) is 11.4. The lowest BCUT2D eigenvalue weighted by Gasteiger charge is -2.22. The molecule has 1 aromatic rings. The van der Waals surface area contributed by atoms with E-state index in [1.165, 1.54) is 6.07 Å². The Balaban J connectivity index is 2.79. The summed E-state index contributed by atoms with van der Waals surface area (Å²) < 4.78 is 0. The summed E-state index contributed by atoms with van der Waals surface area (Å²) >= 11 is 6.16. The van der Waals surface area contributed by atoms with Gasteiger partial charge in [-0.15, -0.1) is 0 Å². The highest BCUT2D eigenvalue weighted by molar-refractivity contribution is 6.31. The van der Waals surface area contributed by atoms with Gasteiger partial charge < -0.3 is 0 Å². The van der Waals surface area contributed by atoms with Crippen molar-refractivity contribution in [3.05, 3.63) is 38.9 Å². The van der Waals surface area contributed by atoms with E-state index in [2.05, 4.69) is 18.7 Å². The van der Waals surface area contributed by atoms with E-state index in [-0.39, 0.29) is 10.6 Å². The average molecular weight is 299 g/mol. The maximum Gasteiger partial charge on any atom is 0.269 e. The number of hydrogen-bond donors (Lipinski definition) is 0. The molecule has 1 rings (SSSR count). The number of nitrogens with zero attached hydrogens (tertiary/aromatic N) is 2. The molecule has 0 saturated heterocycles. The van der Waals surface area contributed by atoms with Crippen LogP contribution in [0, 0.1) is 10.1 Å². The molecular formula is C15H23ClN2O2. The summed E-state index contributed by atoms with van der Waals surface area (Å²) in [6.07, 6.45) is 4.56. The van der Waals surface area contributed by atoms with Crippen LogP contribution in [-0.2, 0) is 6.54 Å². The molecule has 5 heteroatoms. The molecule has 0 amide bonds. The molecule has 0 aliphatic heterocycles. The van der Waals surface area contributed by atoms with Crippen molar-refractivity contribution in [2.75, 3.05) is 13.1 Å². The number of nitro benzene ring substituents is 1. The molecule has 0 unspecified atom stereocenters. The Morgan fingerprint density at radius 1 is 1.20 bits per heavy atom. The maximum absolute atomic E-state index is 10.8. The van der Waals surface area contributed by atoms with Gasteiger partial charge in [-0.3, -0.25) is 15.0 Å². The van der Waals surface area contributed by atoms with Gasteiger partial charge in [-0.25, -0.2) is 0 Å². The largest absolute Gasteiger partial charge is 0.299 e. The van der Waals surface area contributed by atoms with E-state index in [0.717, 1.165) is 44.3 Å². The van der Waals surface area contributed by atoms with Crippen LogP contribution in [0.5, 0.6) is 0 Å².